The number of carbonyl (C=O) groups is 2. The Labute approximate surface area is 163 Å². The summed E-state index contributed by atoms with van der Waals surface area (Å²) in [6, 6.07) is 6.91. The first kappa shape index (κ1) is 18.6. The van der Waals surface area contributed by atoms with Crippen molar-refractivity contribution in [3.05, 3.63) is 46.8 Å². The Morgan fingerprint density at radius 1 is 1.36 bits per heavy atom. The third kappa shape index (κ3) is 3.65. The van der Waals surface area contributed by atoms with Gasteiger partial charge in [0, 0.05) is 62.2 Å². The van der Waals surface area contributed by atoms with Crippen molar-refractivity contribution in [1.82, 2.24) is 20.0 Å². The maximum absolute atomic E-state index is 12.8. The van der Waals surface area contributed by atoms with Crippen LogP contribution in [0.2, 0.25) is 0 Å². The van der Waals surface area contributed by atoms with Gasteiger partial charge in [-0.25, -0.2) is 0 Å². The Balaban J connectivity index is 1.51. The smallest absolute Gasteiger partial charge is 0.276 e. The maximum atomic E-state index is 12.8. The molecule has 1 unspecified atom stereocenters. The van der Waals surface area contributed by atoms with E-state index in [2.05, 4.69) is 15.7 Å². The lowest BCUT2D eigenvalue weighted by molar-refractivity contribution is 0.0474. The van der Waals surface area contributed by atoms with Crippen molar-refractivity contribution in [2.75, 3.05) is 25.0 Å². The lowest BCUT2D eigenvalue weighted by Crippen LogP contribution is -2.42. The van der Waals surface area contributed by atoms with E-state index in [4.69, 9.17) is 0 Å². The first-order valence-electron chi connectivity index (χ1n) is 9.67. The summed E-state index contributed by atoms with van der Waals surface area (Å²) >= 11 is 0. The average molecular weight is 383 g/mol. The molecule has 2 amide bonds. The van der Waals surface area contributed by atoms with Gasteiger partial charge >= 0.3 is 0 Å². The molecule has 1 saturated heterocycles. The highest BCUT2D eigenvalue weighted by atomic mass is 16.3. The number of aryl methyl sites for hydroxylation is 1. The number of aliphatic hydroxyl groups is 1. The van der Waals surface area contributed by atoms with Crippen molar-refractivity contribution in [2.24, 2.45) is 7.05 Å². The third-order valence-corrected chi connectivity index (χ3v) is 5.38. The van der Waals surface area contributed by atoms with Gasteiger partial charge in [-0.3, -0.25) is 14.3 Å². The summed E-state index contributed by atoms with van der Waals surface area (Å²) in [4.78, 5) is 27.2. The molecule has 2 aromatic rings. The van der Waals surface area contributed by atoms with Gasteiger partial charge in [0.05, 0.1) is 6.10 Å². The monoisotopic (exact) mass is 383 g/mol. The fourth-order valence-corrected chi connectivity index (χ4v) is 3.95. The van der Waals surface area contributed by atoms with Crippen LogP contribution in [-0.2, 0) is 20.0 Å². The molecule has 8 heteroatoms. The molecule has 148 valence electrons. The van der Waals surface area contributed by atoms with E-state index < -0.39 is 6.10 Å². The number of benzene rings is 1. The van der Waals surface area contributed by atoms with Crippen LogP contribution in [0.15, 0.2) is 24.3 Å². The summed E-state index contributed by atoms with van der Waals surface area (Å²) in [5, 5.41) is 20.3. The number of rotatable bonds is 3. The molecule has 2 aliphatic heterocycles. The number of hydrogen-bond donors (Lipinski definition) is 3. The number of anilines is 1. The van der Waals surface area contributed by atoms with Gasteiger partial charge in [0.15, 0.2) is 5.69 Å². The van der Waals surface area contributed by atoms with Gasteiger partial charge in [-0.05, 0) is 31.0 Å². The zero-order valence-corrected chi connectivity index (χ0v) is 15.9. The van der Waals surface area contributed by atoms with Crippen molar-refractivity contribution in [3.63, 3.8) is 0 Å². The SMILES string of the molecule is Cn1nc(C(=O)Nc2cccc(C(=O)N3CCCC(O)C3)c2)c2c1CCNC2. The predicted molar refractivity (Wildman–Crippen MR) is 104 cm³/mol. The Kier molecular flexibility index (Phi) is 5.15. The number of β-amino-alcohol motifs (C(OH)–C–C–N with tert-alkyl or cyclic N) is 1. The molecule has 28 heavy (non-hydrogen) atoms. The summed E-state index contributed by atoms with van der Waals surface area (Å²) in [6.07, 6.45) is 1.90. The quantitative estimate of drug-likeness (QED) is 0.732. The molecule has 0 aliphatic carbocycles. The topological polar surface area (TPSA) is 99.5 Å². The number of piperidine rings is 1. The van der Waals surface area contributed by atoms with Crippen LogP contribution in [0.25, 0.3) is 0 Å². The van der Waals surface area contributed by atoms with Crippen molar-refractivity contribution in [1.29, 1.82) is 0 Å². The van der Waals surface area contributed by atoms with Gasteiger partial charge in [0.2, 0.25) is 0 Å². The third-order valence-electron chi connectivity index (χ3n) is 5.38. The van der Waals surface area contributed by atoms with Crippen molar-refractivity contribution >= 4 is 17.5 Å². The molecule has 2 aliphatic rings. The summed E-state index contributed by atoms with van der Waals surface area (Å²) < 4.78 is 1.77. The number of hydrogen-bond acceptors (Lipinski definition) is 5. The van der Waals surface area contributed by atoms with E-state index in [1.165, 1.54) is 0 Å². The van der Waals surface area contributed by atoms with E-state index in [1.807, 2.05) is 7.05 Å². The zero-order chi connectivity index (χ0) is 19.7. The van der Waals surface area contributed by atoms with Gasteiger partial charge in [0.25, 0.3) is 11.8 Å². The predicted octanol–water partition coefficient (Wildman–Crippen LogP) is 0.915. The van der Waals surface area contributed by atoms with Crippen LogP contribution in [-0.4, -0.2) is 57.3 Å². The summed E-state index contributed by atoms with van der Waals surface area (Å²) in [6.45, 7) is 2.49. The molecular weight excluding hydrogens is 358 g/mol. The van der Waals surface area contributed by atoms with Crippen LogP contribution in [0.4, 0.5) is 5.69 Å². The number of aliphatic hydroxyl groups excluding tert-OH is 1. The van der Waals surface area contributed by atoms with Crippen LogP contribution in [0.3, 0.4) is 0 Å². The minimum Gasteiger partial charge on any atom is -0.391 e. The van der Waals surface area contributed by atoms with Crippen LogP contribution >= 0.6 is 0 Å². The number of amides is 2. The molecule has 1 aromatic heterocycles. The number of carbonyl (C=O) groups excluding carboxylic acids is 2. The maximum Gasteiger partial charge on any atom is 0.276 e. The molecule has 0 saturated carbocycles. The molecule has 8 nitrogen and oxygen atoms in total. The van der Waals surface area contributed by atoms with Crippen LogP contribution in [0.5, 0.6) is 0 Å². The van der Waals surface area contributed by atoms with E-state index in [0.29, 0.717) is 36.6 Å². The van der Waals surface area contributed by atoms with Crippen molar-refractivity contribution in [3.8, 4) is 0 Å². The van der Waals surface area contributed by atoms with Gasteiger partial charge in [-0.1, -0.05) is 6.07 Å². The number of aromatic nitrogens is 2. The second-order valence-corrected chi connectivity index (χ2v) is 7.41. The Bertz CT molecular complexity index is 907. The van der Waals surface area contributed by atoms with Crippen LogP contribution < -0.4 is 10.6 Å². The summed E-state index contributed by atoms with van der Waals surface area (Å²) in [5.74, 6) is -0.409. The minimum atomic E-state index is -0.468. The van der Waals surface area contributed by atoms with E-state index in [-0.39, 0.29) is 11.8 Å². The Morgan fingerprint density at radius 2 is 2.21 bits per heavy atom. The lowest BCUT2D eigenvalue weighted by atomic mass is 10.1. The molecule has 1 fully saturated rings. The van der Waals surface area contributed by atoms with Crippen molar-refractivity contribution in [2.45, 2.75) is 31.9 Å². The lowest BCUT2D eigenvalue weighted by Gasteiger charge is -2.30. The molecule has 0 bridgehead atoms. The molecule has 0 radical (unpaired) electrons. The zero-order valence-electron chi connectivity index (χ0n) is 15.9. The standard InChI is InChI=1S/C20H25N5O3/c1-24-17-7-8-21-11-16(17)18(23-24)19(27)22-14-5-2-4-13(10-14)20(28)25-9-3-6-15(26)12-25/h2,4-5,10,15,21,26H,3,6-9,11-12H2,1H3,(H,22,27). The highest BCUT2D eigenvalue weighted by Gasteiger charge is 2.25. The first-order valence-corrected chi connectivity index (χ1v) is 9.67. The molecule has 3 heterocycles. The number of likely N-dealkylation sites (tertiary alicyclic amines) is 1. The highest BCUT2D eigenvalue weighted by molar-refractivity contribution is 6.05. The number of nitrogens with zero attached hydrogens (tertiary/aromatic N) is 3. The molecule has 0 spiro atoms. The van der Waals surface area contributed by atoms with Crippen molar-refractivity contribution < 1.29 is 14.7 Å². The molecule has 1 aromatic carbocycles. The number of fused-ring (bicyclic) bond motifs is 1. The van der Waals surface area contributed by atoms with E-state index in [9.17, 15) is 14.7 Å². The van der Waals surface area contributed by atoms with Gasteiger partial charge in [0.1, 0.15) is 0 Å². The second kappa shape index (κ2) is 7.73. The van der Waals surface area contributed by atoms with Crippen LogP contribution in [0.1, 0.15) is 44.9 Å². The van der Waals surface area contributed by atoms with Crippen LogP contribution in [0, 0.1) is 0 Å². The molecule has 1 atom stereocenters. The van der Waals surface area contributed by atoms with E-state index in [0.717, 1.165) is 37.1 Å². The number of nitrogens with one attached hydrogen (secondary N) is 2. The fraction of sp³-hybridized carbons (Fsp3) is 0.450. The normalized spacial score (nSPS) is 19.2. The average Bonchev–Trinajstić information content (AvgIpc) is 3.05. The largest absolute Gasteiger partial charge is 0.391 e. The van der Waals surface area contributed by atoms with Gasteiger partial charge in [-0.2, -0.15) is 5.10 Å². The second-order valence-electron chi connectivity index (χ2n) is 7.41. The summed E-state index contributed by atoms with van der Waals surface area (Å²) in [5.41, 5.74) is 3.48. The Hall–Kier alpha value is -2.71. The first-order chi connectivity index (χ1) is 13.5. The summed E-state index contributed by atoms with van der Waals surface area (Å²) in [7, 11) is 1.85. The molecule has 4 rings (SSSR count). The van der Waals surface area contributed by atoms with E-state index in [1.54, 1.807) is 33.8 Å². The highest BCUT2D eigenvalue weighted by Crippen LogP contribution is 2.20. The van der Waals surface area contributed by atoms with Gasteiger partial charge < -0.3 is 20.6 Å². The fourth-order valence-electron chi connectivity index (χ4n) is 3.95. The van der Waals surface area contributed by atoms with E-state index >= 15 is 0 Å². The minimum absolute atomic E-state index is 0.130. The molecular formula is C20H25N5O3. The molecule has 3 N–H and O–H groups in total. The van der Waals surface area contributed by atoms with Gasteiger partial charge in [-0.15, -0.1) is 0 Å². The Morgan fingerprint density at radius 3 is 3.04 bits per heavy atom.